The lowest BCUT2D eigenvalue weighted by atomic mass is 10.2. The molecule has 17 heavy (non-hydrogen) atoms. The minimum Gasteiger partial charge on any atom is -0.272 e. The lowest BCUT2D eigenvalue weighted by Crippen LogP contribution is -2.08. The van der Waals surface area contributed by atoms with Gasteiger partial charge in [0, 0.05) is 25.1 Å². The molecule has 0 spiro atoms. The second kappa shape index (κ2) is 4.57. The highest BCUT2D eigenvalue weighted by molar-refractivity contribution is 5.10. The highest BCUT2D eigenvalue weighted by atomic mass is 19.4. The maximum atomic E-state index is 12.3. The Balaban J connectivity index is 1.99. The molecule has 6 heteroatoms. The van der Waals surface area contributed by atoms with Gasteiger partial charge < -0.3 is 0 Å². The maximum Gasteiger partial charge on any atom is 0.435 e. The van der Waals surface area contributed by atoms with Crippen molar-refractivity contribution in [3.63, 3.8) is 0 Å². The molecule has 0 unspecified atom stereocenters. The standard InChI is InChI=1S/C11H10F3N3/c12-11(13,14)10-4-8-17(16-10)7-3-9-1-5-15-6-2-9/h1-2,4-6,8H,3,7H2. The molecule has 3 nitrogen and oxygen atoms in total. The average molecular weight is 241 g/mol. The third kappa shape index (κ3) is 3.05. The first-order valence-electron chi connectivity index (χ1n) is 5.05. The van der Waals surface area contributed by atoms with E-state index < -0.39 is 11.9 Å². The molecule has 2 heterocycles. The van der Waals surface area contributed by atoms with Crippen molar-refractivity contribution < 1.29 is 13.2 Å². The molecule has 0 saturated heterocycles. The van der Waals surface area contributed by atoms with Crippen molar-refractivity contribution in [1.29, 1.82) is 0 Å². The number of pyridine rings is 1. The molecule has 0 N–H and O–H groups in total. The molecule has 0 aromatic carbocycles. The Bertz CT molecular complexity index is 476. The van der Waals surface area contributed by atoms with Crippen molar-refractivity contribution in [3.05, 3.63) is 48.0 Å². The van der Waals surface area contributed by atoms with E-state index in [-0.39, 0.29) is 0 Å². The van der Waals surface area contributed by atoms with Gasteiger partial charge in [0.2, 0.25) is 0 Å². The van der Waals surface area contributed by atoms with Crippen molar-refractivity contribution in [2.24, 2.45) is 0 Å². The molecule has 2 rings (SSSR count). The zero-order valence-electron chi connectivity index (χ0n) is 8.85. The molecule has 0 aliphatic rings. The summed E-state index contributed by atoms with van der Waals surface area (Å²) in [5.41, 5.74) is 0.163. The number of hydrogen-bond acceptors (Lipinski definition) is 2. The van der Waals surface area contributed by atoms with Crippen LogP contribution in [0.5, 0.6) is 0 Å². The van der Waals surface area contributed by atoms with E-state index in [4.69, 9.17) is 0 Å². The van der Waals surface area contributed by atoms with E-state index in [0.717, 1.165) is 11.6 Å². The van der Waals surface area contributed by atoms with Crippen molar-refractivity contribution in [3.8, 4) is 0 Å². The molecule has 90 valence electrons. The van der Waals surface area contributed by atoms with Crippen LogP contribution in [0.2, 0.25) is 0 Å². The van der Waals surface area contributed by atoms with E-state index in [2.05, 4.69) is 10.1 Å². The summed E-state index contributed by atoms with van der Waals surface area (Å²) in [4.78, 5) is 3.87. The highest BCUT2D eigenvalue weighted by Crippen LogP contribution is 2.27. The predicted octanol–water partition coefficient (Wildman–Crippen LogP) is 2.54. The maximum absolute atomic E-state index is 12.3. The fourth-order valence-electron chi connectivity index (χ4n) is 1.43. The van der Waals surface area contributed by atoms with Crippen LogP contribution in [0.3, 0.4) is 0 Å². The zero-order chi connectivity index (χ0) is 12.3. The van der Waals surface area contributed by atoms with Crippen LogP contribution >= 0.6 is 0 Å². The van der Waals surface area contributed by atoms with Crippen molar-refractivity contribution in [2.45, 2.75) is 19.1 Å². The summed E-state index contributed by atoms with van der Waals surface area (Å²) in [6, 6.07) is 4.63. The fraction of sp³-hybridized carbons (Fsp3) is 0.273. The highest BCUT2D eigenvalue weighted by Gasteiger charge is 2.33. The quantitative estimate of drug-likeness (QED) is 0.826. The Kier molecular flexibility index (Phi) is 3.12. The lowest BCUT2D eigenvalue weighted by molar-refractivity contribution is -0.141. The van der Waals surface area contributed by atoms with E-state index >= 15 is 0 Å². The van der Waals surface area contributed by atoms with Gasteiger partial charge in [0.1, 0.15) is 0 Å². The van der Waals surface area contributed by atoms with Crippen molar-refractivity contribution in [2.75, 3.05) is 0 Å². The fourth-order valence-corrected chi connectivity index (χ4v) is 1.43. The smallest absolute Gasteiger partial charge is 0.272 e. The number of nitrogens with zero attached hydrogens (tertiary/aromatic N) is 3. The van der Waals surface area contributed by atoms with E-state index in [1.807, 2.05) is 12.1 Å². The van der Waals surface area contributed by atoms with E-state index in [0.29, 0.717) is 13.0 Å². The lowest BCUT2D eigenvalue weighted by Gasteiger charge is -2.03. The molecular weight excluding hydrogens is 231 g/mol. The van der Waals surface area contributed by atoms with Gasteiger partial charge in [0.15, 0.2) is 5.69 Å². The van der Waals surface area contributed by atoms with Gasteiger partial charge in [-0.25, -0.2) is 0 Å². The summed E-state index contributed by atoms with van der Waals surface area (Å²) < 4.78 is 38.1. The number of alkyl halides is 3. The zero-order valence-corrected chi connectivity index (χ0v) is 8.85. The van der Waals surface area contributed by atoms with Crippen LogP contribution in [0.1, 0.15) is 11.3 Å². The summed E-state index contributed by atoms with van der Waals surface area (Å²) in [6.45, 7) is 0.417. The summed E-state index contributed by atoms with van der Waals surface area (Å²) in [5, 5.41) is 3.47. The molecule has 0 atom stereocenters. The SMILES string of the molecule is FC(F)(F)c1ccn(CCc2ccncc2)n1. The Hall–Kier alpha value is -1.85. The number of halogens is 3. The van der Waals surface area contributed by atoms with Gasteiger partial charge in [-0.3, -0.25) is 9.67 Å². The van der Waals surface area contributed by atoms with Crippen molar-refractivity contribution >= 4 is 0 Å². The van der Waals surface area contributed by atoms with Crippen LogP contribution < -0.4 is 0 Å². The normalized spacial score (nSPS) is 11.7. The molecule has 0 bridgehead atoms. The Morgan fingerprint density at radius 2 is 1.82 bits per heavy atom. The van der Waals surface area contributed by atoms with Crippen LogP contribution in [0.15, 0.2) is 36.8 Å². The summed E-state index contributed by atoms with van der Waals surface area (Å²) in [6.07, 6.45) is 0.895. The Morgan fingerprint density at radius 3 is 2.41 bits per heavy atom. The van der Waals surface area contributed by atoms with E-state index in [9.17, 15) is 13.2 Å². The Morgan fingerprint density at radius 1 is 1.12 bits per heavy atom. The minimum atomic E-state index is -4.37. The summed E-state index contributed by atoms with van der Waals surface area (Å²) in [5.74, 6) is 0. The molecule has 0 amide bonds. The number of rotatable bonds is 3. The minimum absolute atomic E-state index is 0.417. The van der Waals surface area contributed by atoms with Crippen LogP contribution in [-0.2, 0) is 19.1 Å². The molecule has 2 aromatic heterocycles. The first-order chi connectivity index (χ1) is 8.05. The van der Waals surface area contributed by atoms with Crippen LogP contribution in [0.25, 0.3) is 0 Å². The average Bonchev–Trinajstić information content (AvgIpc) is 2.76. The second-order valence-corrected chi connectivity index (χ2v) is 3.57. The molecule has 0 aliphatic carbocycles. The van der Waals surface area contributed by atoms with Crippen molar-refractivity contribution in [1.82, 2.24) is 14.8 Å². The van der Waals surface area contributed by atoms with E-state index in [1.54, 1.807) is 12.4 Å². The largest absolute Gasteiger partial charge is 0.435 e. The predicted molar refractivity (Wildman–Crippen MR) is 55.2 cm³/mol. The van der Waals surface area contributed by atoms with Crippen LogP contribution in [0, 0.1) is 0 Å². The molecule has 0 aliphatic heterocycles. The molecule has 0 fully saturated rings. The number of aryl methyl sites for hydroxylation is 2. The topological polar surface area (TPSA) is 30.7 Å². The van der Waals surface area contributed by atoms with Gasteiger partial charge in [0.25, 0.3) is 0 Å². The van der Waals surface area contributed by atoms with Crippen LogP contribution in [-0.4, -0.2) is 14.8 Å². The molecular formula is C11H10F3N3. The van der Waals surface area contributed by atoms with Gasteiger partial charge in [0.05, 0.1) is 0 Å². The third-order valence-electron chi connectivity index (χ3n) is 2.31. The molecule has 0 radical (unpaired) electrons. The van der Waals surface area contributed by atoms with Gasteiger partial charge in [-0.05, 0) is 30.2 Å². The van der Waals surface area contributed by atoms with Gasteiger partial charge in [-0.1, -0.05) is 0 Å². The third-order valence-corrected chi connectivity index (χ3v) is 2.31. The van der Waals surface area contributed by atoms with E-state index in [1.165, 1.54) is 10.9 Å². The second-order valence-electron chi connectivity index (χ2n) is 3.57. The van der Waals surface area contributed by atoms with Crippen LogP contribution in [0.4, 0.5) is 13.2 Å². The first kappa shape index (κ1) is 11.6. The Labute approximate surface area is 95.9 Å². The van der Waals surface area contributed by atoms with Gasteiger partial charge in [-0.2, -0.15) is 18.3 Å². The monoisotopic (exact) mass is 241 g/mol. The molecule has 0 saturated carbocycles. The molecule has 2 aromatic rings. The number of aromatic nitrogens is 3. The van der Waals surface area contributed by atoms with Gasteiger partial charge in [-0.15, -0.1) is 0 Å². The summed E-state index contributed by atoms with van der Waals surface area (Å²) >= 11 is 0. The first-order valence-corrected chi connectivity index (χ1v) is 5.05. The van der Waals surface area contributed by atoms with Gasteiger partial charge >= 0.3 is 6.18 Å². The summed E-state index contributed by atoms with van der Waals surface area (Å²) in [7, 11) is 0. The number of hydrogen-bond donors (Lipinski definition) is 0.